The first-order valence-electron chi connectivity index (χ1n) is 9.25. The van der Waals surface area contributed by atoms with Crippen molar-refractivity contribution >= 4 is 18.2 Å². The average Bonchev–Trinajstić information content (AvgIpc) is 3.14. The predicted molar refractivity (Wildman–Crippen MR) is 100 cm³/mol. The Kier molecular flexibility index (Phi) is 5.25. The van der Waals surface area contributed by atoms with Crippen molar-refractivity contribution in [3.05, 3.63) is 64.7 Å². The number of nitrogens with two attached hydrogens (primary N) is 1. The van der Waals surface area contributed by atoms with Crippen molar-refractivity contribution in [2.24, 2.45) is 10.8 Å². The minimum absolute atomic E-state index is 0.0194. The molecule has 2 aromatic carbocycles. The lowest BCUT2D eigenvalue weighted by molar-refractivity contribution is 0.0235. The topological polar surface area (TPSA) is 88.2 Å². The molecule has 0 bridgehead atoms. The first-order valence-corrected chi connectivity index (χ1v) is 9.25. The van der Waals surface area contributed by atoms with Gasteiger partial charge in [0.2, 0.25) is 5.91 Å². The SMILES string of the molecule is NC(=O)c1cc(F)c(OC2CN(C(=O)N3N=CCC3c3cc(F)cc(F)c3)C2)c(F)c1. The number of primary amides is 1. The quantitative estimate of drug-likeness (QED) is 0.748. The van der Waals surface area contributed by atoms with Crippen LogP contribution in [0.5, 0.6) is 5.75 Å². The van der Waals surface area contributed by atoms with Gasteiger partial charge in [-0.1, -0.05) is 0 Å². The summed E-state index contributed by atoms with van der Waals surface area (Å²) in [6, 6.07) is 3.32. The fraction of sp³-hybridized carbons (Fsp3) is 0.250. The number of amides is 3. The molecule has 11 heteroatoms. The number of hydrogen-bond donors (Lipinski definition) is 1. The molecule has 7 nitrogen and oxygen atoms in total. The van der Waals surface area contributed by atoms with Gasteiger partial charge < -0.3 is 15.4 Å². The molecule has 0 spiro atoms. The van der Waals surface area contributed by atoms with Crippen LogP contribution in [0.1, 0.15) is 28.4 Å². The van der Waals surface area contributed by atoms with Crippen molar-refractivity contribution < 1.29 is 31.9 Å². The van der Waals surface area contributed by atoms with Gasteiger partial charge in [-0.15, -0.1) is 0 Å². The van der Waals surface area contributed by atoms with Gasteiger partial charge in [-0.05, 0) is 29.8 Å². The normalized spacial score (nSPS) is 18.3. The van der Waals surface area contributed by atoms with Crippen LogP contribution in [0.2, 0.25) is 0 Å². The summed E-state index contributed by atoms with van der Waals surface area (Å²) in [6.45, 7) is 0.0388. The Hall–Kier alpha value is -3.63. The molecular weight excluding hydrogens is 420 g/mol. The van der Waals surface area contributed by atoms with Crippen LogP contribution in [-0.2, 0) is 0 Å². The number of hydrogen-bond acceptors (Lipinski definition) is 4. The van der Waals surface area contributed by atoms with E-state index in [0.717, 1.165) is 35.3 Å². The molecule has 162 valence electrons. The van der Waals surface area contributed by atoms with Crippen LogP contribution in [0.3, 0.4) is 0 Å². The molecule has 2 aliphatic heterocycles. The maximum Gasteiger partial charge on any atom is 0.341 e. The lowest BCUT2D eigenvalue weighted by atomic mass is 10.0. The van der Waals surface area contributed by atoms with Gasteiger partial charge in [0.05, 0.1) is 19.1 Å². The number of urea groups is 1. The number of nitrogens with zero attached hydrogens (tertiary/aromatic N) is 3. The van der Waals surface area contributed by atoms with Crippen LogP contribution in [0.15, 0.2) is 35.4 Å². The number of hydrazone groups is 1. The zero-order valence-corrected chi connectivity index (χ0v) is 15.9. The Morgan fingerprint density at radius 3 is 2.19 bits per heavy atom. The highest BCUT2D eigenvalue weighted by Crippen LogP contribution is 2.32. The second-order valence-corrected chi connectivity index (χ2v) is 7.16. The third kappa shape index (κ3) is 4.03. The summed E-state index contributed by atoms with van der Waals surface area (Å²) >= 11 is 0. The minimum Gasteiger partial charge on any atom is -0.481 e. The first-order chi connectivity index (χ1) is 14.7. The number of likely N-dealkylation sites (tertiary alicyclic amines) is 1. The molecule has 0 aromatic heterocycles. The molecule has 1 atom stereocenters. The van der Waals surface area contributed by atoms with Crippen LogP contribution in [-0.4, -0.2) is 47.3 Å². The molecule has 1 saturated heterocycles. The summed E-state index contributed by atoms with van der Waals surface area (Å²) in [7, 11) is 0. The lowest BCUT2D eigenvalue weighted by Gasteiger charge is -2.41. The molecule has 0 aliphatic carbocycles. The molecule has 0 saturated carbocycles. The molecule has 2 heterocycles. The van der Waals surface area contributed by atoms with Crippen LogP contribution in [0.25, 0.3) is 0 Å². The van der Waals surface area contributed by atoms with Gasteiger partial charge in [0.25, 0.3) is 0 Å². The van der Waals surface area contributed by atoms with E-state index in [1.54, 1.807) is 0 Å². The highest BCUT2D eigenvalue weighted by Gasteiger charge is 2.39. The Labute approximate surface area is 173 Å². The average molecular weight is 436 g/mol. The van der Waals surface area contributed by atoms with Gasteiger partial charge in [0, 0.05) is 24.3 Å². The monoisotopic (exact) mass is 436 g/mol. The predicted octanol–water partition coefficient (Wildman–Crippen LogP) is 2.96. The third-order valence-electron chi connectivity index (χ3n) is 4.98. The van der Waals surface area contributed by atoms with Crippen molar-refractivity contribution in [1.29, 1.82) is 0 Å². The summed E-state index contributed by atoms with van der Waals surface area (Å²) in [5.41, 5.74) is 4.93. The van der Waals surface area contributed by atoms with Crippen molar-refractivity contribution in [3.63, 3.8) is 0 Å². The van der Waals surface area contributed by atoms with Crippen LogP contribution < -0.4 is 10.5 Å². The Morgan fingerprint density at radius 1 is 1.00 bits per heavy atom. The van der Waals surface area contributed by atoms with E-state index in [1.165, 1.54) is 11.1 Å². The zero-order chi connectivity index (χ0) is 22.3. The molecule has 31 heavy (non-hydrogen) atoms. The van der Waals surface area contributed by atoms with Gasteiger partial charge in [-0.25, -0.2) is 27.4 Å². The third-order valence-corrected chi connectivity index (χ3v) is 4.98. The highest BCUT2D eigenvalue weighted by atomic mass is 19.1. The van der Waals surface area contributed by atoms with Crippen molar-refractivity contribution in [2.75, 3.05) is 13.1 Å². The number of carbonyl (C=O) groups is 2. The lowest BCUT2D eigenvalue weighted by Crippen LogP contribution is -2.59. The molecule has 0 radical (unpaired) electrons. The molecular formula is C20H16F4N4O3. The van der Waals surface area contributed by atoms with Crippen molar-refractivity contribution in [2.45, 2.75) is 18.6 Å². The molecule has 2 aromatic rings. The molecule has 1 unspecified atom stereocenters. The van der Waals surface area contributed by atoms with E-state index in [-0.39, 0.29) is 30.6 Å². The molecule has 2 N–H and O–H groups in total. The summed E-state index contributed by atoms with van der Waals surface area (Å²) < 4.78 is 60.5. The van der Waals surface area contributed by atoms with E-state index in [4.69, 9.17) is 10.5 Å². The van der Waals surface area contributed by atoms with Crippen LogP contribution >= 0.6 is 0 Å². The highest BCUT2D eigenvalue weighted by molar-refractivity contribution is 5.93. The fourth-order valence-corrected chi connectivity index (χ4v) is 3.44. The second-order valence-electron chi connectivity index (χ2n) is 7.16. The Bertz CT molecular complexity index is 1040. The Balaban J connectivity index is 1.40. The van der Waals surface area contributed by atoms with E-state index >= 15 is 0 Å². The van der Waals surface area contributed by atoms with E-state index < -0.39 is 53.1 Å². The molecule has 1 fully saturated rings. The molecule has 2 aliphatic rings. The Morgan fingerprint density at radius 2 is 1.61 bits per heavy atom. The van der Waals surface area contributed by atoms with Gasteiger partial charge >= 0.3 is 6.03 Å². The van der Waals surface area contributed by atoms with Gasteiger partial charge in [-0.2, -0.15) is 5.10 Å². The number of ether oxygens (including phenoxy) is 1. The number of carbonyl (C=O) groups excluding carboxylic acids is 2. The van der Waals surface area contributed by atoms with Crippen molar-refractivity contribution in [3.8, 4) is 5.75 Å². The summed E-state index contributed by atoms with van der Waals surface area (Å²) in [4.78, 5) is 25.1. The molecule has 3 amide bonds. The zero-order valence-electron chi connectivity index (χ0n) is 15.9. The van der Waals surface area contributed by atoms with E-state index in [9.17, 15) is 27.2 Å². The van der Waals surface area contributed by atoms with E-state index in [0.29, 0.717) is 0 Å². The van der Waals surface area contributed by atoms with Gasteiger partial charge in [-0.3, -0.25) is 4.79 Å². The van der Waals surface area contributed by atoms with Crippen molar-refractivity contribution in [1.82, 2.24) is 9.91 Å². The van der Waals surface area contributed by atoms with Gasteiger partial charge in [0.1, 0.15) is 17.7 Å². The summed E-state index contributed by atoms with van der Waals surface area (Å²) in [5, 5.41) is 5.09. The number of benzene rings is 2. The van der Waals surface area contributed by atoms with E-state index in [2.05, 4.69) is 5.10 Å². The maximum absolute atomic E-state index is 14.1. The standard InChI is InChI=1S/C20H16F4N4O3/c21-12-3-10(4-13(22)7-12)17-1-2-26-28(17)20(30)27-8-14(9-27)31-18-15(23)5-11(19(25)29)6-16(18)24/h2-7,14,17H,1,8-9H2,(H2,25,29). The smallest absolute Gasteiger partial charge is 0.341 e. The number of halogens is 4. The minimum atomic E-state index is -1.09. The largest absolute Gasteiger partial charge is 0.481 e. The summed E-state index contributed by atoms with van der Waals surface area (Å²) in [5.74, 6) is -5.36. The maximum atomic E-state index is 14.1. The molecule has 4 rings (SSSR count). The summed E-state index contributed by atoms with van der Waals surface area (Å²) in [6.07, 6.45) is 1.05. The number of rotatable bonds is 4. The fourth-order valence-electron chi connectivity index (χ4n) is 3.44. The second kappa shape index (κ2) is 7.89. The van der Waals surface area contributed by atoms with Crippen LogP contribution in [0, 0.1) is 23.3 Å². The van der Waals surface area contributed by atoms with Crippen LogP contribution in [0.4, 0.5) is 22.4 Å². The van der Waals surface area contributed by atoms with E-state index in [1.807, 2.05) is 0 Å². The van der Waals surface area contributed by atoms with Gasteiger partial charge in [0.15, 0.2) is 17.4 Å². The first kappa shape index (κ1) is 20.6.